The lowest BCUT2D eigenvalue weighted by Gasteiger charge is -2.28. The van der Waals surface area contributed by atoms with Crippen LogP contribution in [0.3, 0.4) is 0 Å². The molecule has 1 aliphatic rings. The van der Waals surface area contributed by atoms with Gasteiger partial charge in [0.05, 0.1) is 31.3 Å². The standard InChI is InChI=1S/C17H19F3N4O2/c1-2-26-16(25)12(9-21)10-22-14-3-4-15(23-11-14)24-7-5-13(6-8-24)17(18,19)20/h3-4,10-11,13,22H,2,5-8H2,1H3/p+1/b12-10+. The number of esters is 1. The van der Waals surface area contributed by atoms with E-state index < -0.39 is 18.1 Å². The fraction of sp³-hybridized carbons (Fsp3) is 0.471. The molecular formula is C17H20F3N4O2+. The third-order valence-electron chi connectivity index (χ3n) is 4.09. The van der Waals surface area contributed by atoms with Crippen LogP contribution in [0.1, 0.15) is 19.8 Å². The number of piperidine rings is 1. The first kappa shape index (κ1) is 19.6. The van der Waals surface area contributed by atoms with Crippen molar-refractivity contribution in [3.63, 3.8) is 0 Å². The third-order valence-corrected chi connectivity index (χ3v) is 4.09. The highest BCUT2D eigenvalue weighted by atomic mass is 19.4. The van der Waals surface area contributed by atoms with E-state index in [0.717, 1.165) is 0 Å². The van der Waals surface area contributed by atoms with Gasteiger partial charge in [-0.3, -0.25) is 4.90 Å². The summed E-state index contributed by atoms with van der Waals surface area (Å²) in [6.45, 7) is 2.47. The summed E-state index contributed by atoms with van der Waals surface area (Å²) in [5.74, 6) is -1.24. The Hall–Kier alpha value is -2.76. The van der Waals surface area contributed by atoms with Gasteiger partial charge in [-0.05, 0) is 25.8 Å². The van der Waals surface area contributed by atoms with Gasteiger partial charge in [0.2, 0.25) is 0 Å². The van der Waals surface area contributed by atoms with Crippen LogP contribution in [-0.4, -0.2) is 31.8 Å². The van der Waals surface area contributed by atoms with E-state index in [0.29, 0.717) is 24.6 Å². The molecular weight excluding hydrogens is 349 g/mol. The van der Waals surface area contributed by atoms with Crippen molar-refractivity contribution in [2.45, 2.75) is 25.9 Å². The zero-order valence-electron chi connectivity index (χ0n) is 14.3. The molecule has 0 bridgehead atoms. The molecule has 1 saturated heterocycles. The molecule has 0 aliphatic carbocycles. The summed E-state index contributed by atoms with van der Waals surface area (Å²) in [5.41, 5.74) is 0.432. The summed E-state index contributed by atoms with van der Waals surface area (Å²) < 4.78 is 42.9. The molecule has 1 aliphatic heterocycles. The van der Waals surface area contributed by atoms with Crippen LogP contribution < -0.4 is 15.2 Å². The van der Waals surface area contributed by atoms with Crippen molar-refractivity contribution in [2.75, 3.05) is 29.9 Å². The molecule has 0 radical (unpaired) electrons. The molecule has 1 aromatic heterocycles. The van der Waals surface area contributed by atoms with Crippen molar-refractivity contribution in [1.82, 2.24) is 0 Å². The molecule has 0 aromatic carbocycles. The number of nitrogens with one attached hydrogen (secondary N) is 2. The maximum Gasteiger partial charge on any atom is 0.392 e. The van der Waals surface area contributed by atoms with Crippen molar-refractivity contribution in [3.8, 4) is 6.07 Å². The van der Waals surface area contributed by atoms with Gasteiger partial charge >= 0.3 is 12.1 Å². The maximum atomic E-state index is 12.7. The van der Waals surface area contributed by atoms with Crippen LogP contribution in [0.4, 0.5) is 24.7 Å². The molecule has 26 heavy (non-hydrogen) atoms. The minimum Gasteiger partial charge on any atom is -0.462 e. The quantitative estimate of drug-likeness (QED) is 0.490. The first-order valence-corrected chi connectivity index (χ1v) is 8.22. The number of ether oxygens (including phenoxy) is 1. The number of nitriles is 1. The second kappa shape index (κ2) is 8.56. The average Bonchev–Trinajstić information content (AvgIpc) is 2.62. The molecule has 6 nitrogen and oxygen atoms in total. The molecule has 2 heterocycles. The van der Waals surface area contributed by atoms with Crippen LogP contribution in [0.2, 0.25) is 0 Å². The van der Waals surface area contributed by atoms with Crippen LogP contribution in [-0.2, 0) is 9.53 Å². The van der Waals surface area contributed by atoms with Gasteiger partial charge in [0.15, 0.2) is 5.57 Å². The molecule has 1 aromatic rings. The van der Waals surface area contributed by atoms with Crippen LogP contribution in [0.15, 0.2) is 30.1 Å². The fourth-order valence-corrected chi connectivity index (χ4v) is 2.65. The predicted octanol–water partition coefficient (Wildman–Crippen LogP) is 2.66. The molecule has 140 valence electrons. The minimum absolute atomic E-state index is 0.0746. The van der Waals surface area contributed by atoms with Gasteiger partial charge in [0.1, 0.15) is 12.3 Å². The Balaban J connectivity index is 1.95. The SMILES string of the molecule is CCOC(=O)/C(C#N)=C/Nc1ccc(N2CCC(C(F)(F)F)CC2)[nH+]c1. The number of halogens is 3. The zero-order chi connectivity index (χ0) is 19.2. The van der Waals surface area contributed by atoms with E-state index in [4.69, 9.17) is 10.00 Å². The normalized spacial score (nSPS) is 16.1. The van der Waals surface area contributed by atoms with E-state index in [1.807, 2.05) is 4.90 Å². The number of carbonyl (C=O) groups is 1. The van der Waals surface area contributed by atoms with E-state index in [1.54, 1.807) is 31.3 Å². The Morgan fingerprint density at radius 1 is 1.46 bits per heavy atom. The van der Waals surface area contributed by atoms with Gasteiger partial charge in [0, 0.05) is 12.3 Å². The number of nitrogens with zero attached hydrogens (tertiary/aromatic N) is 2. The molecule has 0 spiro atoms. The Kier molecular flexibility index (Phi) is 6.44. The smallest absolute Gasteiger partial charge is 0.392 e. The van der Waals surface area contributed by atoms with Gasteiger partial charge < -0.3 is 10.1 Å². The second-order valence-corrected chi connectivity index (χ2v) is 5.80. The number of carbonyl (C=O) groups excluding carboxylic acids is 1. The first-order chi connectivity index (χ1) is 12.3. The van der Waals surface area contributed by atoms with E-state index in [-0.39, 0.29) is 25.0 Å². The molecule has 0 atom stereocenters. The summed E-state index contributed by atoms with van der Waals surface area (Å²) in [4.78, 5) is 16.4. The predicted molar refractivity (Wildman–Crippen MR) is 87.9 cm³/mol. The Bertz CT molecular complexity index is 687. The van der Waals surface area contributed by atoms with Crippen molar-refractivity contribution in [3.05, 3.63) is 30.1 Å². The first-order valence-electron chi connectivity index (χ1n) is 8.22. The van der Waals surface area contributed by atoms with Crippen molar-refractivity contribution in [2.24, 2.45) is 5.92 Å². The van der Waals surface area contributed by atoms with Gasteiger partial charge in [0.25, 0.3) is 5.82 Å². The number of hydrogen-bond acceptors (Lipinski definition) is 5. The summed E-state index contributed by atoms with van der Waals surface area (Å²) >= 11 is 0. The highest BCUT2D eigenvalue weighted by molar-refractivity contribution is 5.93. The molecule has 2 N–H and O–H groups in total. The van der Waals surface area contributed by atoms with E-state index >= 15 is 0 Å². The zero-order valence-corrected chi connectivity index (χ0v) is 14.3. The maximum absolute atomic E-state index is 12.7. The number of aromatic amines is 1. The molecule has 0 unspecified atom stereocenters. The number of anilines is 2. The number of pyridine rings is 1. The Morgan fingerprint density at radius 3 is 2.65 bits per heavy atom. The van der Waals surface area contributed by atoms with Gasteiger partial charge in [-0.2, -0.15) is 18.4 Å². The number of hydrogen-bond donors (Lipinski definition) is 1. The van der Waals surface area contributed by atoms with Crippen LogP contribution >= 0.6 is 0 Å². The van der Waals surface area contributed by atoms with E-state index in [1.165, 1.54) is 6.20 Å². The Labute approximate surface area is 149 Å². The van der Waals surface area contributed by atoms with Gasteiger partial charge in [-0.15, -0.1) is 0 Å². The molecule has 0 saturated carbocycles. The van der Waals surface area contributed by atoms with Crippen LogP contribution in [0.25, 0.3) is 0 Å². The summed E-state index contributed by atoms with van der Waals surface area (Å²) in [6.07, 6.45) is -1.12. The Morgan fingerprint density at radius 2 is 2.15 bits per heavy atom. The molecule has 9 heteroatoms. The monoisotopic (exact) mass is 369 g/mol. The lowest BCUT2D eigenvalue weighted by atomic mass is 9.96. The lowest BCUT2D eigenvalue weighted by Crippen LogP contribution is -2.41. The van der Waals surface area contributed by atoms with Crippen molar-refractivity contribution >= 4 is 17.5 Å². The lowest BCUT2D eigenvalue weighted by molar-refractivity contribution is -0.363. The topological polar surface area (TPSA) is 79.5 Å². The van der Waals surface area contributed by atoms with Crippen molar-refractivity contribution in [1.29, 1.82) is 5.26 Å². The molecule has 0 amide bonds. The highest BCUT2D eigenvalue weighted by Crippen LogP contribution is 2.34. The van der Waals surface area contributed by atoms with E-state index in [9.17, 15) is 18.0 Å². The third kappa shape index (κ3) is 5.12. The van der Waals surface area contributed by atoms with E-state index in [2.05, 4.69) is 10.3 Å². The van der Waals surface area contributed by atoms with Gasteiger partial charge in [-0.25, -0.2) is 9.78 Å². The van der Waals surface area contributed by atoms with Crippen LogP contribution in [0.5, 0.6) is 0 Å². The molecule has 1 fully saturated rings. The minimum atomic E-state index is -4.13. The van der Waals surface area contributed by atoms with Crippen molar-refractivity contribution < 1.29 is 27.7 Å². The van der Waals surface area contributed by atoms with Crippen LogP contribution in [0, 0.1) is 17.2 Å². The number of H-pyrrole nitrogens is 1. The number of alkyl halides is 3. The average molecular weight is 369 g/mol. The second-order valence-electron chi connectivity index (χ2n) is 5.80. The summed E-state index contributed by atoms with van der Waals surface area (Å²) in [7, 11) is 0. The largest absolute Gasteiger partial charge is 0.462 e. The van der Waals surface area contributed by atoms with Gasteiger partial charge in [-0.1, -0.05) is 0 Å². The number of aromatic nitrogens is 1. The number of rotatable bonds is 5. The molecule has 2 rings (SSSR count). The summed E-state index contributed by atoms with van der Waals surface area (Å²) in [6, 6.07) is 5.19. The summed E-state index contributed by atoms with van der Waals surface area (Å²) in [5, 5.41) is 11.7. The highest BCUT2D eigenvalue weighted by Gasteiger charge is 2.42. The fourth-order valence-electron chi connectivity index (χ4n) is 2.65.